The lowest BCUT2D eigenvalue weighted by Crippen LogP contribution is -2.58. The Bertz CT molecular complexity index is 1080. The number of benzene rings is 1. The molecule has 3 heterocycles. The predicted octanol–water partition coefficient (Wildman–Crippen LogP) is 3.29. The van der Waals surface area contributed by atoms with Crippen LogP contribution in [0.4, 0.5) is 5.69 Å². The molecule has 34 heavy (non-hydrogen) atoms. The second kappa shape index (κ2) is 9.72. The highest BCUT2D eigenvalue weighted by Crippen LogP contribution is 2.32. The van der Waals surface area contributed by atoms with Crippen LogP contribution in [0.5, 0.6) is 0 Å². The van der Waals surface area contributed by atoms with Crippen LogP contribution in [0.25, 0.3) is 11.1 Å². The molecule has 2 aliphatic heterocycles. The third-order valence-corrected chi connectivity index (χ3v) is 7.32. The number of hydrogen-bond donors (Lipinski definition) is 2. The summed E-state index contributed by atoms with van der Waals surface area (Å²) in [6.07, 6.45) is 5.56. The zero-order chi connectivity index (χ0) is 24.5. The summed E-state index contributed by atoms with van der Waals surface area (Å²) in [5.41, 5.74) is 5.21. The molecule has 1 saturated heterocycles. The first-order valence-corrected chi connectivity index (χ1v) is 12.1. The molecule has 2 N–H and O–H groups in total. The maximum Gasteiger partial charge on any atom is 0.232 e. The summed E-state index contributed by atoms with van der Waals surface area (Å²) in [5.74, 6) is 0.574. The molecule has 0 saturated carbocycles. The molecule has 182 valence electrons. The normalized spacial score (nSPS) is 20.5. The van der Waals surface area contributed by atoms with Crippen LogP contribution in [0.1, 0.15) is 33.6 Å². The minimum atomic E-state index is 0.0492. The SMILES string of the molecule is CC(=O)N1CCC(N[C@H]2CCOC2)=C(C(=N)[N+](C)(c2ccc(-c3cnn(C)c3)cc2)C(C)C)C1. The summed E-state index contributed by atoms with van der Waals surface area (Å²) in [7, 11) is 4.01. The van der Waals surface area contributed by atoms with Crippen molar-refractivity contribution in [1.29, 1.82) is 5.41 Å². The second-order valence-corrected chi connectivity index (χ2v) is 9.82. The molecule has 8 heteroatoms. The number of amidine groups is 1. The van der Waals surface area contributed by atoms with E-state index in [1.165, 1.54) is 0 Å². The van der Waals surface area contributed by atoms with Gasteiger partial charge in [0.25, 0.3) is 0 Å². The van der Waals surface area contributed by atoms with Crippen LogP contribution in [-0.4, -0.2) is 71.9 Å². The number of carbonyl (C=O) groups excluding carboxylic acids is 1. The van der Waals surface area contributed by atoms with Gasteiger partial charge in [-0.05, 0) is 38.0 Å². The van der Waals surface area contributed by atoms with E-state index in [0.717, 1.165) is 47.5 Å². The number of aromatic nitrogens is 2. The van der Waals surface area contributed by atoms with E-state index in [1.807, 2.05) is 24.3 Å². The highest BCUT2D eigenvalue weighted by Gasteiger charge is 2.40. The first-order chi connectivity index (χ1) is 16.2. The van der Waals surface area contributed by atoms with Gasteiger partial charge in [-0.1, -0.05) is 0 Å². The zero-order valence-corrected chi connectivity index (χ0v) is 21.0. The molecule has 0 spiro atoms. The van der Waals surface area contributed by atoms with E-state index in [2.05, 4.69) is 55.6 Å². The van der Waals surface area contributed by atoms with Crippen molar-refractivity contribution >= 4 is 17.4 Å². The average Bonchev–Trinajstić information content (AvgIpc) is 3.50. The van der Waals surface area contributed by atoms with Crippen molar-refractivity contribution in [2.45, 2.75) is 45.7 Å². The fraction of sp³-hybridized carbons (Fsp3) is 0.500. The molecule has 0 aliphatic carbocycles. The number of likely N-dealkylation sites (N-methyl/N-ethyl adjacent to an activating group) is 1. The van der Waals surface area contributed by atoms with Gasteiger partial charge in [0.2, 0.25) is 11.7 Å². The van der Waals surface area contributed by atoms with E-state index in [9.17, 15) is 10.2 Å². The summed E-state index contributed by atoms with van der Waals surface area (Å²) in [5, 5.41) is 17.4. The van der Waals surface area contributed by atoms with Gasteiger partial charge in [-0.2, -0.15) is 5.10 Å². The molecule has 0 bridgehead atoms. The monoisotopic (exact) mass is 465 g/mol. The van der Waals surface area contributed by atoms with Crippen molar-refractivity contribution < 1.29 is 9.53 Å². The van der Waals surface area contributed by atoms with E-state index in [-0.39, 0.29) is 18.0 Å². The van der Waals surface area contributed by atoms with Crippen molar-refractivity contribution in [2.75, 3.05) is 33.4 Å². The van der Waals surface area contributed by atoms with Gasteiger partial charge in [-0.3, -0.25) is 9.48 Å². The van der Waals surface area contributed by atoms with Crippen LogP contribution in [0.2, 0.25) is 0 Å². The Morgan fingerprint density at radius 2 is 2.00 bits per heavy atom. The van der Waals surface area contributed by atoms with Crippen molar-refractivity contribution in [3.63, 3.8) is 0 Å². The van der Waals surface area contributed by atoms with E-state index < -0.39 is 0 Å². The Kier molecular flexibility index (Phi) is 6.91. The van der Waals surface area contributed by atoms with Gasteiger partial charge < -0.3 is 15.0 Å². The number of nitrogens with one attached hydrogen (secondary N) is 2. The first kappa shape index (κ1) is 24.2. The third-order valence-electron chi connectivity index (χ3n) is 7.32. The lowest BCUT2D eigenvalue weighted by atomic mass is 9.99. The summed E-state index contributed by atoms with van der Waals surface area (Å²) >= 11 is 0. The van der Waals surface area contributed by atoms with Crippen LogP contribution in [0.3, 0.4) is 0 Å². The maximum atomic E-state index is 12.2. The highest BCUT2D eigenvalue weighted by atomic mass is 16.5. The van der Waals surface area contributed by atoms with Gasteiger partial charge in [-0.25, -0.2) is 9.89 Å². The minimum absolute atomic E-state index is 0.0492. The third kappa shape index (κ3) is 4.65. The Morgan fingerprint density at radius 3 is 2.56 bits per heavy atom. The quantitative estimate of drug-likeness (QED) is 0.390. The molecule has 4 rings (SSSR count). The summed E-state index contributed by atoms with van der Waals surface area (Å²) < 4.78 is 7.71. The lowest BCUT2D eigenvalue weighted by Gasteiger charge is -2.41. The van der Waals surface area contributed by atoms with E-state index in [0.29, 0.717) is 30.0 Å². The van der Waals surface area contributed by atoms with Crippen molar-refractivity contribution in [3.05, 3.63) is 47.9 Å². The average molecular weight is 466 g/mol. The van der Waals surface area contributed by atoms with Gasteiger partial charge in [0.1, 0.15) is 5.69 Å². The maximum absolute atomic E-state index is 12.2. The number of rotatable bonds is 6. The van der Waals surface area contributed by atoms with Crippen LogP contribution >= 0.6 is 0 Å². The zero-order valence-electron chi connectivity index (χ0n) is 21.0. The largest absolute Gasteiger partial charge is 0.383 e. The molecular weight excluding hydrogens is 428 g/mol. The fourth-order valence-corrected chi connectivity index (χ4v) is 4.80. The van der Waals surface area contributed by atoms with Crippen LogP contribution in [0.15, 0.2) is 47.9 Å². The number of ether oxygens (including phenoxy) is 1. The van der Waals surface area contributed by atoms with E-state index >= 15 is 0 Å². The Balaban J connectivity index is 1.70. The molecule has 1 amide bonds. The van der Waals surface area contributed by atoms with E-state index in [1.54, 1.807) is 11.6 Å². The molecular formula is C26H37N6O2+. The van der Waals surface area contributed by atoms with Gasteiger partial charge in [0, 0.05) is 63.1 Å². The van der Waals surface area contributed by atoms with Crippen LogP contribution in [0, 0.1) is 5.41 Å². The Morgan fingerprint density at radius 1 is 1.26 bits per heavy atom. The number of amides is 1. The number of nitrogens with zero attached hydrogens (tertiary/aromatic N) is 4. The van der Waals surface area contributed by atoms with Crippen molar-refractivity contribution in [1.82, 2.24) is 24.5 Å². The van der Waals surface area contributed by atoms with Crippen molar-refractivity contribution in [3.8, 4) is 11.1 Å². The smallest absolute Gasteiger partial charge is 0.232 e. The van der Waals surface area contributed by atoms with Gasteiger partial charge in [0.15, 0.2) is 0 Å². The molecule has 2 aromatic rings. The number of hydrogen-bond acceptors (Lipinski definition) is 5. The minimum Gasteiger partial charge on any atom is -0.383 e. The molecule has 2 atom stereocenters. The highest BCUT2D eigenvalue weighted by molar-refractivity contribution is 6.05. The summed E-state index contributed by atoms with van der Waals surface area (Å²) in [6.45, 7) is 8.48. The summed E-state index contributed by atoms with van der Waals surface area (Å²) in [4.78, 5) is 14.1. The lowest BCUT2D eigenvalue weighted by molar-refractivity contribution is -0.128. The molecule has 1 aromatic carbocycles. The molecule has 1 fully saturated rings. The Hall–Kier alpha value is -2.97. The van der Waals surface area contributed by atoms with Crippen molar-refractivity contribution in [2.24, 2.45) is 7.05 Å². The molecule has 1 unspecified atom stereocenters. The second-order valence-electron chi connectivity index (χ2n) is 9.82. The van der Waals surface area contributed by atoms with Crippen LogP contribution in [-0.2, 0) is 16.6 Å². The molecule has 0 radical (unpaired) electrons. The predicted molar refractivity (Wildman–Crippen MR) is 135 cm³/mol. The number of quaternary nitrogens is 1. The topological polar surface area (TPSA) is 83.2 Å². The Labute approximate surface area is 202 Å². The fourth-order valence-electron chi connectivity index (χ4n) is 4.80. The molecule has 8 nitrogen and oxygen atoms in total. The standard InChI is InChI=1S/C26H37N6O2/c1-18(2)32(5,23-8-6-20(7-9-23)21-14-28-30(4)15-21)26(27)24-16-31(19(3)33)12-10-25(24)29-22-11-13-34-17-22/h6-9,14-15,18,22,27,29H,10-13,16-17H2,1-5H3/q+1/t22-,32?/m0/s1. The first-order valence-electron chi connectivity index (χ1n) is 12.1. The molecule has 2 aliphatic rings. The number of aryl methyl sites for hydroxylation is 1. The number of carbonyl (C=O) groups is 1. The van der Waals surface area contributed by atoms with Gasteiger partial charge >= 0.3 is 0 Å². The van der Waals surface area contributed by atoms with E-state index in [4.69, 9.17) is 4.74 Å². The van der Waals surface area contributed by atoms with Gasteiger partial charge in [0.05, 0.1) is 44.1 Å². The summed E-state index contributed by atoms with van der Waals surface area (Å²) in [6, 6.07) is 8.82. The van der Waals surface area contributed by atoms with Crippen LogP contribution < -0.4 is 9.80 Å². The molecule has 1 aromatic heterocycles. The van der Waals surface area contributed by atoms with Gasteiger partial charge in [-0.15, -0.1) is 0 Å².